The van der Waals surface area contributed by atoms with Gasteiger partial charge in [-0.2, -0.15) is 5.26 Å². The van der Waals surface area contributed by atoms with Crippen molar-refractivity contribution in [3.63, 3.8) is 0 Å². The molecule has 1 aliphatic rings. The van der Waals surface area contributed by atoms with E-state index >= 15 is 0 Å². The van der Waals surface area contributed by atoms with Gasteiger partial charge in [0.25, 0.3) is 0 Å². The van der Waals surface area contributed by atoms with Gasteiger partial charge in [-0.1, -0.05) is 5.16 Å². The number of pyridine rings is 1. The summed E-state index contributed by atoms with van der Waals surface area (Å²) in [5.74, 6) is 1.71. The van der Waals surface area contributed by atoms with Crippen molar-refractivity contribution >= 4 is 5.82 Å². The first-order chi connectivity index (χ1) is 11.1. The van der Waals surface area contributed by atoms with Gasteiger partial charge in [-0.25, -0.2) is 4.98 Å². The zero-order valence-corrected chi connectivity index (χ0v) is 13.8. The molecular formula is C17H21N5O. The second-order valence-electron chi connectivity index (χ2n) is 6.00. The van der Waals surface area contributed by atoms with Gasteiger partial charge < -0.3 is 9.42 Å². The van der Waals surface area contributed by atoms with Crippen molar-refractivity contribution < 1.29 is 4.52 Å². The number of rotatable bonds is 3. The highest BCUT2D eigenvalue weighted by Crippen LogP contribution is 2.21. The quantitative estimate of drug-likeness (QED) is 0.865. The minimum absolute atomic E-state index is 0.648. The van der Waals surface area contributed by atoms with Crippen LogP contribution < -0.4 is 4.90 Å². The highest BCUT2D eigenvalue weighted by molar-refractivity contribution is 5.54. The molecule has 6 nitrogen and oxygen atoms in total. The number of aryl methyl sites for hydroxylation is 3. The Hall–Kier alpha value is -2.39. The van der Waals surface area contributed by atoms with Crippen molar-refractivity contribution in [1.29, 1.82) is 5.26 Å². The molecule has 0 N–H and O–H groups in total. The van der Waals surface area contributed by atoms with E-state index in [1.54, 1.807) is 0 Å². The Balaban J connectivity index is 1.67. The van der Waals surface area contributed by atoms with Crippen molar-refractivity contribution in [3.8, 4) is 6.07 Å². The van der Waals surface area contributed by atoms with Gasteiger partial charge in [-0.05, 0) is 32.9 Å². The molecule has 0 unspecified atom stereocenters. The van der Waals surface area contributed by atoms with E-state index in [0.717, 1.165) is 55.7 Å². The molecule has 3 heterocycles. The standard InChI is InChI=1S/C17H21N5O/c1-12-4-5-15(10-18)17(19-12)22-8-6-21(7-9-22)11-16-13(2)20-23-14(16)3/h4-5H,6-9,11H2,1-3H3. The number of hydrogen-bond acceptors (Lipinski definition) is 6. The number of nitriles is 1. The van der Waals surface area contributed by atoms with E-state index in [1.165, 1.54) is 5.56 Å². The van der Waals surface area contributed by atoms with Crippen molar-refractivity contribution in [2.45, 2.75) is 27.3 Å². The van der Waals surface area contributed by atoms with Crippen LogP contribution in [0.15, 0.2) is 16.7 Å². The first kappa shape index (κ1) is 15.5. The summed E-state index contributed by atoms with van der Waals surface area (Å²) < 4.78 is 5.24. The van der Waals surface area contributed by atoms with Crippen LogP contribution >= 0.6 is 0 Å². The molecule has 0 atom stereocenters. The Bertz CT molecular complexity index is 718. The fourth-order valence-corrected chi connectivity index (χ4v) is 2.94. The third kappa shape index (κ3) is 3.20. The van der Waals surface area contributed by atoms with Crippen LogP contribution in [-0.4, -0.2) is 41.2 Å². The Labute approximate surface area is 136 Å². The van der Waals surface area contributed by atoms with Gasteiger partial charge in [-0.15, -0.1) is 0 Å². The molecule has 2 aromatic rings. The second kappa shape index (κ2) is 6.39. The van der Waals surface area contributed by atoms with E-state index in [4.69, 9.17) is 4.52 Å². The van der Waals surface area contributed by atoms with E-state index in [0.29, 0.717) is 5.56 Å². The Morgan fingerprint density at radius 2 is 1.91 bits per heavy atom. The SMILES string of the molecule is Cc1ccc(C#N)c(N2CCN(Cc3c(C)noc3C)CC2)n1. The molecule has 2 aromatic heterocycles. The summed E-state index contributed by atoms with van der Waals surface area (Å²) in [5, 5.41) is 13.3. The van der Waals surface area contributed by atoms with Crippen molar-refractivity contribution in [2.75, 3.05) is 31.1 Å². The highest BCUT2D eigenvalue weighted by atomic mass is 16.5. The van der Waals surface area contributed by atoms with Crippen LogP contribution in [0.1, 0.15) is 28.3 Å². The Kier molecular flexibility index (Phi) is 4.30. The minimum atomic E-state index is 0.648. The third-order valence-electron chi connectivity index (χ3n) is 4.37. The normalized spacial score (nSPS) is 15.7. The van der Waals surface area contributed by atoms with Crippen molar-refractivity contribution in [3.05, 3.63) is 40.4 Å². The molecule has 6 heteroatoms. The van der Waals surface area contributed by atoms with E-state index in [9.17, 15) is 5.26 Å². The maximum Gasteiger partial charge on any atom is 0.146 e. The van der Waals surface area contributed by atoms with Gasteiger partial charge in [0.05, 0.1) is 11.3 Å². The van der Waals surface area contributed by atoms with Gasteiger partial charge in [0, 0.05) is 44.0 Å². The monoisotopic (exact) mass is 311 g/mol. The molecule has 0 bridgehead atoms. The number of piperazine rings is 1. The third-order valence-corrected chi connectivity index (χ3v) is 4.37. The summed E-state index contributed by atoms with van der Waals surface area (Å²) >= 11 is 0. The molecule has 0 aliphatic carbocycles. The summed E-state index contributed by atoms with van der Waals surface area (Å²) in [7, 11) is 0. The van der Waals surface area contributed by atoms with E-state index in [1.807, 2.05) is 32.9 Å². The minimum Gasteiger partial charge on any atom is -0.361 e. The van der Waals surface area contributed by atoms with Crippen LogP contribution in [0.25, 0.3) is 0 Å². The molecule has 0 amide bonds. The molecule has 23 heavy (non-hydrogen) atoms. The van der Waals surface area contributed by atoms with Crippen LogP contribution in [0.2, 0.25) is 0 Å². The molecule has 3 rings (SSSR count). The fourth-order valence-electron chi connectivity index (χ4n) is 2.94. The van der Waals surface area contributed by atoms with Gasteiger partial charge in [0.1, 0.15) is 17.6 Å². The molecule has 0 aromatic carbocycles. The number of nitrogens with zero attached hydrogens (tertiary/aromatic N) is 5. The molecule has 120 valence electrons. The average Bonchev–Trinajstić information content (AvgIpc) is 2.87. The van der Waals surface area contributed by atoms with Gasteiger partial charge >= 0.3 is 0 Å². The predicted octanol–water partition coefficient (Wildman–Crippen LogP) is 2.19. The summed E-state index contributed by atoms with van der Waals surface area (Å²) in [4.78, 5) is 9.15. The van der Waals surface area contributed by atoms with E-state index < -0.39 is 0 Å². The highest BCUT2D eigenvalue weighted by Gasteiger charge is 2.22. The Morgan fingerprint density at radius 3 is 2.52 bits per heavy atom. The smallest absolute Gasteiger partial charge is 0.146 e. The van der Waals surface area contributed by atoms with Gasteiger partial charge in [0.2, 0.25) is 0 Å². The molecule has 0 saturated carbocycles. The fraction of sp³-hybridized carbons (Fsp3) is 0.471. The summed E-state index contributed by atoms with van der Waals surface area (Å²) in [6.45, 7) is 10.4. The summed E-state index contributed by atoms with van der Waals surface area (Å²) in [5.41, 5.74) is 3.74. The maximum absolute atomic E-state index is 9.28. The maximum atomic E-state index is 9.28. The van der Waals surface area contributed by atoms with Crippen LogP contribution in [0.3, 0.4) is 0 Å². The first-order valence-electron chi connectivity index (χ1n) is 7.85. The predicted molar refractivity (Wildman–Crippen MR) is 87.2 cm³/mol. The van der Waals surface area contributed by atoms with E-state index in [-0.39, 0.29) is 0 Å². The summed E-state index contributed by atoms with van der Waals surface area (Å²) in [6.07, 6.45) is 0. The topological polar surface area (TPSA) is 69.2 Å². The largest absolute Gasteiger partial charge is 0.361 e. The number of aromatic nitrogens is 2. The molecule has 1 fully saturated rings. The lowest BCUT2D eigenvalue weighted by atomic mass is 10.1. The van der Waals surface area contributed by atoms with Crippen molar-refractivity contribution in [1.82, 2.24) is 15.0 Å². The molecule has 0 spiro atoms. The summed E-state index contributed by atoms with van der Waals surface area (Å²) in [6, 6.07) is 5.98. The second-order valence-corrected chi connectivity index (χ2v) is 6.00. The van der Waals surface area contributed by atoms with Crippen LogP contribution in [-0.2, 0) is 6.54 Å². The lowest BCUT2D eigenvalue weighted by molar-refractivity contribution is 0.247. The van der Waals surface area contributed by atoms with Crippen molar-refractivity contribution in [2.24, 2.45) is 0 Å². The molecule has 1 aliphatic heterocycles. The zero-order chi connectivity index (χ0) is 16.4. The van der Waals surface area contributed by atoms with Gasteiger partial charge in [-0.3, -0.25) is 4.90 Å². The number of anilines is 1. The van der Waals surface area contributed by atoms with Crippen LogP contribution in [0.5, 0.6) is 0 Å². The first-order valence-corrected chi connectivity index (χ1v) is 7.85. The lowest BCUT2D eigenvalue weighted by Crippen LogP contribution is -2.46. The van der Waals surface area contributed by atoms with Crippen LogP contribution in [0.4, 0.5) is 5.82 Å². The lowest BCUT2D eigenvalue weighted by Gasteiger charge is -2.35. The zero-order valence-electron chi connectivity index (χ0n) is 13.8. The van der Waals surface area contributed by atoms with E-state index in [2.05, 4.69) is 26.0 Å². The Morgan fingerprint density at radius 1 is 1.17 bits per heavy atom. The molecule has 0 radical (unpaired) electrons. The van der Waals surface area contributed by atoms with Crippen LogP contribution in [0, 0.1) is 32.1 Å². The van der Waals surface area contributed by atoms with Gasteiger partial charge in [0.15, 0.2) is 0 Å². The molecular weight excluding hydrogens is 290 g/mol. The molecule has 1 saturated heterocycles. The average molecular weight is 311 g/mol. The number of hydrogen-bond donors (Lipinski definition) is 0.